The Morgan fingerprint density at radius 3 is 2.61 bits per heavy atom. The molecule has 0 fully saturated rings. The molecule has 1 N–H and O–H groups in total. The Bertz CT molecular complexity index is 988. The van der Waals surface area contributed by atoms with Crippen LogP contribution in [-0.4, -0.2) is 31.7 Å². The van der Waals surface area contributed by atoms with Gasteiger partial charge < -0.3 is 14.8 Å². The van der Waals surface area contributed by atoms with E-state index in [1.807, 2.05) is 25.1 Å². The van der Waals surface area contributed by atoms with Crippen molar-refractivity contribution in [1.82, 2.24) is 10.3 Å². The van der Waals surface area contributed by atoms with E-state index in [1.54, 1.807) is 49.8 Å². The molecular formula is C21H21ClN2O3S. The molecule has 0 saturated heterocycles. The maximum atomic E-state index is 12.3. The second kappa shape index (κ2) is 9.08. The van der Waals surface area contributed by atoms with Gasteiger partial charge in [0, 0.05) is 23.4 Å². The molecule has 0 aliphatic heterocycles. The van der Waals surface area contributed by atoms with Gasteiger partial charge >= 0.3 is 0 Å². The van der Waals surface area contributed by atoms with Crippen molar-refractivity contribution in [2.45, 2.75) is 13.3 Å². The smallest absolute Gasteiger partial charge is 0.252 e. The van der Waals surface area contributed by atoms with Crippen LogP contribution in [0.4, 0.5) is 0 Å². The third kappa shape index (κ3) is 4.46. The fourth-order valence-electron chi connectivity index (χ4n) is 2.78. The number of methoxy groups -OCH3 is 2. The average molecular weight is 417 g/mol. The Kier molecular flexibility index (Phi) is 6.54. The molecule has 28 heavy (non-hydrogen) atoms. The summed E-state index contributed by atoms with van der Waals surface area (Å²) in [6.07, 6.45) is 0.701. The first-order valence-corrected chi connectivity index (χ1v) is 9.94. The number of amides is 1. The highest BCUT2D eigenvalue weighted by Crippen LogP contribution is 2.35. The van der Waals surface area contributed by atoms with Crippen LogP contribution < -0.4 is 14.8 Å². The van der Waals surface area contributed by atoms with Crippen molar-refractivity contribution in [2.24, 2.45) is 0 Å². The minimum atomic E-state index is -0.173. The van der Waals surface area contributed by atoms with Gasteiger partial charge in [-0.05, 0) is 37.3 Å². The van der Waals surface area contributed by atoms with Crippen LogP contribution in [0, 0.1) is 6.92 Å². The van der Waals surface area contributed by atoms with Crippen LogP contribution in [0.2, 0.25) is 5.02 Å². The summed E-state index contributed by atoms with van der Waals surface area (Å²) in [6, 6.07) is 12.8. The topological polar surface area (TPSA) is 60.5 Å². The first-order chi connectivity index (χ1) is 13.5. The van der Waals surface area contributed by atoms with Gasteiger partial charge in [-0.3, -0.25) is 4.79 Å². The summed E-state index contributed by atoms with van der Waals surface area (Å²) in [5, 5.41) is 4.27. The molecule has 0 atom stereocenters. The van der Waals surface area contributed by atoms with Gasteiger partial charge in [-0.2, -0.15) is 0 Å². The fourth-order valence-corrected chi connectivity index (χ4v) is 4.06. The monoisotopic (exact) mass is 416 g/mol. The first-order valence-electron chi connectivity index (χ1n) is 8.75. The number of halogens is 1. The number of aryl methyl sites for hydroxylation is 1. The molecule has 0 saturated carbocycles. The summed E-state index contributed by atoms with van der Waals surface area (Å²) in [7, 11) is 3.22. The SMILES string of the molecule is COc1ccc(-c2nc(C)c(CCNC(=O)c3ccccc3Cl)s2)cc1OC. The Balaban J connectivity index is 1.68. The molecule has 3 rings (SSSR count). The van der Waals surface area contributed by atoms with Crippen molar-refractivity contribution in [3.8, 4) is 22.1 Å². The van der Waals surface area contributed by atoms with Gasteiger partial charge in [0.25, 0.3) is 5.91 Å². The molecule has 0 aliphatic rings. The van der Waals surface area contributed by atoms with E-state index in [1.165, 1.54) is 0 Å². The molecule has 1 amide bonds. The maximum Gasteiger partial charge on any atom is 0.252 e. The van der Waals surface area contributed by atoms with Crippen molar-refractivity contribution >= 4 is 28.8 Å². The lowest BCUT2D eigenvalue weighted by Crippen LogP contribution is -2.25. The van der Waals surface area contributed by atoms with Crippen LogP contribution in [0.3, 0.4) is 0 Å². The van der Waals surface area contributed by atoms with Crippen LogP contribution in [0.5, 0.6) is 11.5 Å². The summed E-state index contributed by atoms with van der Waals surface area (Å²) in [4.78, 5) is 18.1. The Morgan fingerprint density at radius 2 is 1.89 bits per heavy atom. The molecule has 0 unspecified atom stereocenters. The molecule has 1 heterocycles. The number of thiazole rings is 1. The van der Waals surface area contributed by atoms with Gasteiger partial charge in [0.15, 0.2) is 11.5 Å². The minimum absolute atomic E-state index is 0.173. The molecule has 0 bridgehead atoms. The van der Waals surface area contributed by atoms with E-state index >= 15 is 0 Å². The number of hydrogen-bond donors (Lipinski definition) is 1. The average Bonchev–Trinajstić information content (AvgIpc) is 3.08. The molecule has 3 aromatic rings. The van der Waals surface area contributed by atoms with Crippen molar-refractivity contribution in [3.05, 3.63) is 63.6 Å². The highest BCUT2D eigenvalue weighted by Gasteiger charge is 2.13. The molecule has 5 nitrogen and oxygen atoms in total. The third-order valence-electron chi connectivity index (χ3n) is 4.28. The van der Waals surface area contributed by atoms with Crippen LogP contribution in [0.15, 0.2) is 42.5 Å². The number of carbonyl (C=O) groups is 1. The van der Waals surface area contributed by atoms with Crippen LogP contribution in [0.25, 0.3) is 10.6 Å². The Labute approximate surface area is 173 Å². The summed E-state index contributed by atoms with van der Waals surface area (Å²) in [5.41, 5.74) is 2.41. The summed E-state index contributed by atoms with van der Waals surface area (Å²) in [6.45, 7) is 2.49. The van der Waals surface area contributed by atoms with E-state index in [2.05, 4.69) is 10.3 Å². The lowest BCUT2D eigenvalue weighted by Gasteiger charge is -2.08. The number of aromatic nitrogens is 1. The Morgan fingerprint density at radius 1 is 1.14 bits per heavy atom. The predicted octanol–water partition coefficient (Wildman–Crippen LogP) is 4.76. The lowest BCUT2D eigenvalue weighted by atomic mass is 10.2. The molecule has 7 heteroatoms. The van der Waals surface area contributed by atoms with E-state index in [0.29, 0.717) is 35.1 Å². The largest absolute Gasteiger partial charge is 0.493 e. The lowest BCUT2D eigenvalue weighted by molar-refractivity contribution is 0.0954. The Hall–Kier alpha value is -2.57. The van der Waals surface area contributed by atoms with Crippen molar-refractivity contribution in [3.63, 3.8) is 0 Å². The quantitative estimate of drug-likeness (QED) is 0.603. The number of nitrogens with one attached hydrogen (secondary N) is 1. The van der Waals surface area contributed by atoms with E-state index in [-0.39, 0.29) is 5.91 Å². The van der Waals surface area contributed by atoms with E-state index in [0.717, 1.165) is 21.1 Å². The molecule has 146 valence electrons. The zero-order valence-electron chi connectivity index (χ0n) is 15.9. The number of nitrogens with zero attached hydrogens (tertiary/aromatic N) is 1. The molecule has 2 aromatic carbocycles. The number of ether oxygens (including phenoxy) is 2. The zero-order valence-corrected chi connectivity index (χ0v) is 17.5. The van der Waals surface area contributed by atoms with Gasteiger partial charge in [0.05, 0.1) is 30.5 Å². The van der Waals surface area contributed by atoms with Gasteiger partial charge in [-0.25, -0.2) is 4.98 Å². The fraction of sp³-hybridized carbons (Fsp3) is 0.238. The van der Waals surface area contributed by atoms with Gasteiger partial charge in [-0.15, -0.1) is 11.3 Å². The van der Waals surface area contributed by atoms with Crippen molar-refractivity contribution in [1.29, 1.82) is 0 Å². The normalized spacial score (nSPS) is 10.6. The standard InChI is InChI=1S/C21H21ClN2O3S/c1-13-19(10-11-23-20(25)15-6-4-5-7-16(15)22)28-21(24-13)14-8-9-17(26-2)18(12-14)27-3/h4-9,12H,10-11H2,1-3H3,(H,23,25). The van der Waals surface area contributed by atoms with Gasteiger partial charge in [0.2, 0.25) is 0 Å². The molecule has 0 radical (unpaired) electrons. The first kappa shape index (κ1) is 20.2. The summed E-state index contributed by atoms with van der Waals surface area (Å²) >= 11 is 7.68. The zero-order chi connectivity index (χ0) is 20.1. The highest BCUT2D eigenvalue weighted by atomic mass is 35.5. The molecule has 0 spiro atoms. The molecule has 1 aromatic heterocycles. The third-order valence-corrected chi connectivity index (χ3v) is 5.88. The number of hydrogen-bond acceptors (Lipinski definition) is 5. The number of rotatable bonds is 7. The van der Waals surface area contributed by atoms with Crippen LogP contribution in [0.1, 0.15) is 20.9 Å². The summed E-state index contributed by atoms with van der Waals surface area (Å²) < 4.78 is 10.7. The molecular weight excluding hydrogens is 396 g/mol. The second-order valence-corrected chi connectivity index (χ2v) is 7.57. The number of carbonyl (C=O) groups excluding carboxylic acids is 1. The number of benzene rings is 2. The molecule has 0 aliphatic carbocycles. The highest BCUT2D eigenvalue weighted by molar-refractivity contribution is 7.15. The predicted molar refractivity (Wildman–Crippen MR) is 113 cm³/mol. The minimum Gasteiger partial charge on any atom is -0.493 e. The van der Waals surface area contributed by atoms with Crippen LogP contribution in [-0.2, 0) is 6.42 Å². The maximum absolute atomic E-state index is 12.3. The van der Waals surface area contributed by atoms with E-state index in [9.17, 15) is 4.79 Å². The van der Waals surface area contributed by atoms with E-state index in [4.69, 9.17) is 21.1 Å². The second-order valence-electron chi connectivity index (χ2n) is 6.08. The van der Waals surface area contributed by atoms with Crippen molar-refractivity contribution in [2.75, 3.05) is 20.8 Å². The van der Waals surface area contributed by atoms with Gasteiger partial charge in [-0.1, -0.05) is 23.7 Å². The summed E-state index contributed by atoms with van der Waals surface area (Å²) in [5.74, 6) is 1.18. The van der Waals surface area contributed by atoms with Crippen LogP contribution >= 0.6 is 22.9 Å². The van der Waals surface area contributed by atoms with Crippen molar-refractivity contribution < 1.29 is 14.3 Å². The van der Waals surface area contributed by atoms with Gasteiger partial charge in [0.1, 0.15) is 5.01 Å². The van der Waals surface area contributed by atoms with E-state index < -0.39 is 0 Å².